The highest BCUT2D eigenvalue weighted by Crippen LogP contribution is 2.47. The number of rotatable bonds is 2. The number of hydrogen-bond donors (Lipinski definition) is 0. The van der Waals surface area contributed by atoms with E-state index in [1.807, 2.05) is 36.4 Å². The summed E-state index contributed by atoms with van der Waals surface area (Å²) in [4.78, 5) is 15.2. The van der Waals surface area contributed by atoms with E-state index in [1.54, 1.807) is 14.2 Å². The van der Waals surface area contributed by atoms with Crippen LogP contribution in [0.15, 0.2) is 36.4 Å². The van der Waals surface area contributed by atoms with Crippen LogP contribution in [0.25, 0.3) is 0 Å². The van der Waals surface area contributed by atoms with Crippen LogP contribution in [0.4, 0.5) is 0 Å². The van der Waals surface area contributed by atoms with Crippen LogP contribution in [0, 0.1) is 0 Å². The summed E-state index contributed by atoms with van der Waals surface area (Å²) in [6.45, 7) is 1.04. The molecule has 2 aromatic carbocycles. The van der Waals surface area contributed by atoms with Crippen molar-refractivity contribution in [1.82, 2.24) is 4.90 Å². The number of aryl methyl sites for hydroxylation is 1. The molecule has 0 aliphatic carbocycles. The summed E-state index contributed by atoms with van der Waals surface area (Å²) in [6, 6.07) is 12.4. The summed E-state index contributed by atoms with van der Waals surface area (Å²) in [5.41, 5.74) is 2.15. The molecule has 6 heteroatoms. The van der Waals surface area contributed by atoms with Gasteiger partial charge in [-0.15, -0.1) is 0 Å². The van der Waals surface area contributed by atoms with Crippen molar-refractivity contribution in [2.75, 3.05) is 20.8 Å². The Hall–Kier alpha value is -2.73. The molecule has 2 saturated heterocycles. The molecule has 6 nitrogen and oxygen atoms in total. The Morgan fingerprint density at radius 2 is 1.75 bits per heavy atom. The van der Waals surface area contributed by atoms with Crippen LogP contribution in [0.1, 0.15) is 55.7 Å². The maximum atomic E-state index is 12.7. The fourth-order valence-electron chi connectivity index (χ4n) is 5.44. The zero-order valence-corrected chi connectivity index (χ0v) is 18.8. The lowest BCUT2D eigenvalue weighted by molar-refractivity contribution is -0.154. The second-order valence-corrected chi connectivity index (χ2v) is 8.98. The first-order valence-electron chi connectivity index (χ1n) is 11.6. The zero-order valence-electron chi connectivity index (χ0n) is 18.8. The average molecular weight is 438 g/mol. The molecule has 4 heterocycles. The topological polar surface area (TPSA) is 57.2 Å². The quantitative estimate of drug-likeness (QED) is 0.614. The van der Waals surface area contributed by atoms with E-state index in [4.69, 9.17) is 18.9 Å². The molecule has 4 bridgehead atoms. The van der Waals surface area contributed by atoms with Crippen LogP contribution < -0.4 is 14.2 Å². The van der Waals surface area contributed by atoms with E-state index in [0.29, 0.717) is 30.4 Å². The van der Waals surface area contributed by atoms with Gasteiger partial charge in [-0.3, -0.25) is 9.69 Å². The molecule has 4 aliphatic heterocycles. The van der Waals surface area contributed by atoms with Crippen LogP contribution in [0.2, 0.25) is 0 Å². The van der Waals surface area contributed by atoms with Crippen molar-refractivity contribution in [2.24, 2.45) is 0 Å². The van der Waals surface area contributed by atoms with Gasteiger partial charge in [0.25, 0.3) is 0 Å². The summed E-state index contributed by atoms with van der Waals surface area (Å²) in [5.74, 6) is 2.73. The number of fused-ring (bicyclic) bond motifs is 6. The lowest BCUT2D eigenvalue weighted by Crippen LogP contribution is -2.49. The minimum Gasteiger partial charge on any atom is -0.493 e. The first-order chi connectivity index (χ1) is 15.6. The lowest BCUT2D eigenvalue weighted by Gasteiger charge is -2.47. The maximum absolute atomic E-state index is 12.7. The molecule has 0 unspecified atom stereocenters. The molecule has 3 atom stereocenters. The predicted octanol–water partition coefficient (Wildman–Crippen LogP) is 5.04. The fourth-order valence-corrected chi connectivity index (χ4v) is 5.44. The Balaban J connectivity index is 1.63. The number of esters is 1. The average Bonchev–Trinajstić information content (AvgIpc) is 2.82. The van der Waals surface area contributed by atoms with Crippen molar-refractivity contribution in [3.8, 4) is 23.0 Å². The van der Waals surface area contributed by atoms with Gasteiger partial charge in [0.1, 0.15) is 17.6 Å². The van der Waals surface area contributed by atoms with E-state index in [0.717, 1.165) is 48.4 Å². The van der Waals surface area contributed by atoms with E-state index in [-0.39, 0.29) is 18.1 Å². The largest absolute Gasteiger partial charge is 0.493 e. The second kappa shape index (κ2) is 9.02. The standard InChI is InChI=1S/C26H31NO5/c1-29-24-15-21-22-14-20(13-18-5-3-4-12-27(18)22)32-26(28)11-8-17-6-9-19(10-7-17)31-23(21)16-25(24)30-2/h6-7,9-10,15-16,18,20,22H,3-5,8,11-14H2,1-2H3/t18-,20+,22+/m1/s1. The summed E-state index contributed by atoms with van der Waals surface area (Å²) in [7, 11) is 3.29. The third-order valence-electron chi connectivity index (χ3n) is 7.04. The number of piperidine rings is 2. The third-order valence-corrected chi connectivity index (χ3v) is 7.04. The van der Waals surface area contributed by atoms with Crippen molar-refractivity contribution >= 4 is 5.97 Å². The van der Waals surface area contributed by atoms with Gasteiger partial charge in [-0.2, -0.15) is 0 Å². The van der Waals surface area contributed by atoms with E-state index in [2.05, 4.69) is 4.90 Å². The number of carbonyl (C=O) groups is 1. The second-order valence-electron chi connectivity index (χ2n) is 8.98. The SMILES string of the molecule is COc1cc2c(cc1OC)[C@@H]1C[C@H](C[C@H]3CCCCN31)OC(=O)CCc1ccc(cc1)O2. The number of nitrogens with zero attached hydrogens (tertiary/aromatic N) is 1. The van der Waals surface area contributed by atoms with Gasteiger partial charge in [0.15, 0.2) is 11.5 Å². The highest BCUT2D eigenvalue weighted by molar-refractivity contribution is 5.70. The van der Waals surface area contributed by atoms with Gasteiger partial charge in [0.05, 0.1) is 14.2 Å². The van der Waals surface area contributed by atoms with Gasteiger partial charge >= 0.3 is 5.97 Å². The normalized spacial score (nSPS) is 25.6. The molecule has 0 spiro atoms. The number of benzene rings is 2. The lowest BCUT2D eigenvalue weighted by atomic mass is 9.84. The number of ether oxygens (including phenoxy) is 4. The van der Waals surface area contributed by atoms with Crippen LogP contribution in [0.3, 0.4) is 0 Å². The van der Waals surface area contributed by atoms with E-state index in [1.165, 1.54) is 12.8 Å². The summed E-state index contributed by atoms with van der Waals surface area (Å²) in [5, 5.41) is 0. The van der Waals surface area contributed by atoms with E-state index < -0.39 is 0 Å². The summed E-state index contributed by atoms with van der Waals surface area (Å²) >= 11 is 0. The van der Waals surface area contributed by atoms with Crippen molar-refractivity contribution in [3.63, 3.8) is 0 Å². The fraction of sp³-hybridized carbons (Fsp3) is 0.500. The highest BCUT2D eigenvalue weighted by atomic mass is 16.5. The van der Waals surface area contributed by atoms with E-state index >= 15 is 0 Å². The van der Waals surface area contributed by atoms with Crippen molar-refractivity contribution in [1.29, 1.82) is 0 Å². The first-order valence-corrected chi connectivity index (χ1v) is 11.6. The van der Waals surface area contributed by atoms with Crippen LogP contribution in [-0.4, -0.2) is 43.8 Å². The number of carbonyl (C=O) groups excluding carboxylic acids is 1. The Morgan fingerprint density at radius 3 is 2.53 bits per heavy atom. The Labute approximate surface area is 189 Å². The molecule has 2 aromatic rings. The highest BCUT2D eigenvalue weighted by Gasteiger charge is 2.40. The molecule has 32 heavy (non-hydrogen) atoms. The van der Waals surface area contributed by atoms with Gasteiger partial charge < -0.3 is 18.9 Å². The summed E-state index contributed by atoms with van der Waals surface area (Å²) in [6.07, 6.45) is 6.18. The molecule has 0 saturated carbocycles. The molecule has 0 aromatic heterocycles. The molecule has 0 radical (unpaired) electrons. The first kappa shape index (κ1) is 21.1. The van der Waals surface area contributed by atoms with Crippen LogP contribution in [0.5, 0.6) is 23.0 Å². The van der Waals surface area contributed by atoms with E-state index in [9.17, 15) is 4.79 Å². The smallest absolute Gasteiger partial charge is 0.306 e. The maximum Gasteiger partial charge on any atom is 0.306 e. The van der Waals surface area contributed by atoms with Gasteiger partial charge in [0, 0.05) is 43.0 Å². The molecule has 0 amide bonds. The molecule has 6 rings (SSSR count). The Bertz CT molecular complexity index is 973. The monoisotopic (exact) mass is 437 g/mol. The predicted molar refractivity (Wildman–Crippen MR) is 121 cm³/mol. The Morgan fingerprint density at radius 1 is 0.969 bits per heavy atom. The van der Waals surface area contributed by atoms with Gasteiger partial charge in [-0.1, -0.05) is 18.6 Å². The summed E-state index contributed by atoms with van der Waals surface area (Å²) < 4.78 is 23.6. The zero-order chi connectivity index (χ0) is 22.1. The molecule has 2 fully saturated rings. The number of methoxy groups -OCH3 is 2. The molecule has 170 valence electrons. The minimum absolute atomic E-state index is 0.0864. The minimum atomic E-state index is -0.108. The van der Waals surface area contributed by atoms with Crippen LogP contribution in [-0.2, 0) is 16.0 Å². The van der Waals surface area contributed by atoms with Crippen LogP contribution >= 0.6 is 0 Å². The van der Waals surface area contributed by atoms with Gasteiger partial charge in [-0.25, -0.2) is 0 Å². The molecule has 0 N–H and O–H groups in total. The van der Waals surface area contributed by atoms with Crippen molar-refractivity contribution in [3.05, 3.63) is 47.5 Å². The van der Waals surface area contributed by atoms with Gasteiger partial charge in [-0.05, 0) is 49.6 Å². The molecule has 4 aliphatic rings. The number of hydrogen-bond acceptors (Lipinski definition) is 6. The van der Waals surface area contributed by atoms with Crippen molar-refractivity contribution < 1.29 is 23.7 Å². The Kier molecular flexibility index (Phi) is 5.96. The van der Waals surface area contributed by atoms with Gasteiger partial charge in [0.2, 0.25) is 0 Å². The van der Waals surface area contributed by atoms with Crippen molar-refractivity contribution in [2.45, 2.75) is 63.1 Å². The molecular weight excluding hydrogens is 406 g/mol. The molecular formula is C26H31NO5. The third kappa shape index (κ3) is 4.16.